The number of hydrogen-bond acceptors (Lipinski definition) is 8. The maximum absolute atomic E-state index is 11.5. The van der Waals surface area contributed by atoms with E-state index in [4.69, 9.17) is 26.4 Å². The number of benzene rings is 1. The summed E-state index contributed by atoms with van der Waals surface area (Å²) in [5, 5.41) is 21.9. The highest BCUT2D eigenvalue weighted by molar-refractivity contribution is 7.99. The lowest BCUT2D eigenvalue weighted by molar-refractivity contribution is -0.118. The second-order valence-corrected chi connectivity index (χ2v) is 9.09. The number of halogens is 1. The average Bonchev–Trinajstić information content (AvgIpc) is 2.98. The van der Waals surface area contributed by atoms with Gasteiger partial charge in [-0.3, -0.25) is 15.0 Å². The number of thioether (sulfide) groups is 1. The van der Waals surface area contributed by atoms with Crippen LogP contribution in [0.5, 0.6) is 0 Å². The van der Waals surface area contributed by atoms with Gasteiger partial charge in [-0.15, -0.1) is 0 Å². The number of carbonyl (C=O) groups is 1. The molecule has 12 heteroatoms. The highest BCUT2D eigenvalue weighted by atomic mass is 35.5. The number of carbonyl (C=O) groups excluding carboxylic acids is 1. The Bertz CT molecular complexity index is 900. The first-order chi connectivity index (χ1) is 12.2. The summed E-state index contributed by atoms with van der Waals surface area (Å²) in [6.45, 7) is 0.292. The van der Waals surface area contributed by atoms with Crippen LogP contribution in [-0.2, 0) is 14.5 Å². The average molecular weight is 417 g/mol. The molecule has 0 saturated heterocycles. The van der Waals surface area contributed by atoms with Gasteiger partial charge in [-0.25, -0.2) is 8.84 Å². The van der Waals surface area contributed by atoms with E-state index in [1.54, 1.807) is 24.3 Å². The Morgan fingerprint density at radius 3 is 2.88 bits per heavy atom. The number of anilines is 1. The Morgan fingerprint density at radius 1 is 1.42 bits per heavy atom. The lowest BCUT2D eigenvalue weighted by Gasteiger charge is -2.07. The molecule has 1 aromatic carbocycles. The third-order valence-electron chi connectivity index (χ3n) is 2.86. The van der Waals surface area contributed by atoms with Crippen molar-refractivity contribution < 1.29 is 13.6 Å². The van der Waals surface area contributed by atoms with Crippen LogP contribution in [0.25, 0.3) is 0 Å². The lowest BCUT2D eigenvalue weighted by Crippen LogP contribution is -2.31. The highest BCUT2D eigenvalue weighted by Gasteiger charge is 2.16. The fraction of sp³-hybridized carbons (Fsp3) is 0.286. The van der Waals surface area contributed by atoms with Gasteiger partial charge in [-0.2, -0.15) is 0 Å². The summed E-state index contributed by atoms with van der Waals surface area (Å²) >= 11 is 7.16. The Morgan fingerprint density at radius 2 is 2.19 bits per heavy atom. The van der Waals surface area contributed by atoms with Gasteiger partial charge >= 0.3 is 0 Å². The molecule has 9 nitrogen and oxygen atoms in total. The first-order valence-electron chi connectivity index (χ1n) is 7.29. The summed E-state index contributed by atoms with van der Waals surface area (Å²) in [4.78, 5) is 11.5. The van der Waals surface area contributed by atoms with E-state index in [1.165, 1.54) is 18.0 Å². The molecule has 0 fully saturated rings. The molecule has 1 unspecified atom stereocenters. The van der Waals surface area contributed by atoms with E-state index in [9.17, 15) is 9.00 Å². The van der Waals surface area contributed by atoms with Crippen LogP contribution in [0.2, 0.25) is 5.02 Å². The van der Waals surface area contributed by atoms with Crippen LogP contribution >= 0.6 is 23.4 Å². The van der Waals surface area contributed by atoms with Crippen molar-refractivity contribution in [3.05, 3.63) is 35.0 Å². The maximum Gasteiger partial charge on any atom is 0.233 e. The summed E-state index contributed by atoms with van der Waals surface area (Å²) in [6.07, 6.45) is 1.22. The first kappa shape index (κ1) is 20.2. The number of hydrogen-bond donors (Lipinski definition) is 4. The SMILES string of the molecule is CS(=N)(=O)CC(=O)NCCSc1nonc1C(=N)Nc1cccc(Cl)c1. The van der Waals surface area contributed by atoms with Crippen molar-refractivity contribution in [1.82, 2.24) is 15.6 Å². The van der Waals surface area contributed by atoms with Gasteiger partial charge in [0.15, 0.2) is 16.6 Å². The van der Waals surface area contributed by atoms with Gasteiger partial charge in [0, 0.05) is 29.3 Å². The Kier molecular flexibility index (Phi) is 7.00. The molecule has 140 valence electrons. The number of nitrogens with one attached hydrogen (secondary N) is 4. The van der Waals surface area contributed by atoms with Gasteiger partial charge < -0.3 is 10.6 Å². The molecular formula is C14H17ClN6O3S2. The molecule has 26 heavy (non-hydrogen) atoms. The fourth-order valence-corrected chi connectivity index (χ4v) is 3.39. The standard InChI is InChI=1S/C14H17ClN6O3S2/c1-26(17,23)8-11(22)18-5-6-25-14-12(20-24-21-14)13(16)19-10-4-2-3-9(15)7-10/h2-4,7,17H,5-6,8H2,1H3,(H2,16,19)(H,18,22). The largest absolute Gasteiger partial charge is 0.354 e. The van der Waals surface area contributed by atoms with Gasteiger partial charge in [-0.1, -0.05) is 29.4 Å². The van der Waals surface area contributed by atoms with Crippen LogP contribution in [-0.4, -0.2) is 50.6 Å². The minimum Gasteiger partial charge on any atom is -0.354 e. The molecule has 0 aliphatic heterocycles. The number of aromatic nitrogens is 2. The van der Waals surface area contributed by atoms with Crippen LogP contribution in [0.1, 0.15) is 5.69 Å². The molecular weight excluding hydrogens is 400 g/mol. The zero-order valence-electron chi connectivity index (χ0n) is 13.7. The third kappa shape index (κ3) is 6.65. The smallest absolute Gasteiger partial charge is 0.233 e. The zero-order valence-corrected chi connectivity index (χ0v) is 16.1. The van der Waals surface area contributed by atoms with Crippen molar-refractivity contribution in [3.63, 3.8) is 0 Å². The second-order valence-electron chi connectivity index (χ2n) is 5.28. The van der Waals surface area contributed by atoms with E-state index in [0.717, 1.165) is 0 Å². The van der Waals surface area contributed by atoms with Crippen LogP contribution in [0.3, 0.4) is 0 Å². The number of nitrogens with zero attached hydrogens (tertiary/aromatic N) is 2. The van der Waals surface area contributed by atoms with E-state index >= 15 is 0 Å². The van der Waals surface area contributed by atoms with Crippen molar-refractivity contribution in [2.24, 2.45) is 0 Å². The molecule has 0 radical (unpaired) electrons. The number of rotatable bonds is 8. The normalized spacial score (nSPS) is 13.0. The molecule has 0 bridgehead atoms. The molecule has 2 aromatic rings. The minimum atomic E-state index is -2.86. The van der Waals surface area contributed by atoms with Gasteiger partial charge in [0.25, 0.3) is 0 Å². The molecule has 1 atom stereocenters. The van der Waals surface area contributed by atoms with Crippen LogP contribution in [0, 0.1) is 10.2 Å². The predicted octanol–water partition coefficient (Wildman–Crippen LogP) is 2.05. The number of amidine groups is 1. The molecule has 0 aliphatic carbocycles. The fourth-order valence-electron chi connectivity index (χ4n) is 1.84. The van der Waals surface area contributed by atoms with Gasteiger partial charge in [0.2, 0.25) is 5.91 Å². The molecule has 0 aliphatic rings. The zero-order chi connectivity index (χ0) is 19.2. The predicted molar refractivity (Wildman–Crippen MR) is 102 cm³/mol. The monoisotopic (exact) mass is 416 g/mol. The Labute approximate surface area is 159 Å². The van der Waals surface area contributed by atoms with Crippen LogP contribution in [0.15, 0.2) is 33.9 Å². The van der Waals surface area contributed by atoms with E-state index in [-0.39, 0.29) is 17.3 Å². The van der Waals surface area contributed by atoms with Crippen LogP contribution < -0.4 is 10.6 Å². The van der Waals surface area contributed by atoms with Gasteiger partial charge in [-0.05, 0) is 28.5 Å². The van der Waals surface area contributed by atoms with E-state index in [0.29, 0.717) is 28.0 Å². The minimum absolute atomic E-state index is 0.0000187. The van der Waals surface area contributed by atoms with Crippen molar-refractivity contribution in [1.29, 1.82) is 10.2 Å². The summed E-state index contributed by atoms with van der Waals surface area (Å²) in [5.74, 6) is -0.329. The van der Waals surface area contributed by atoms with Crippen LogP contribution in [0.4, 0.5) is 5.69 Å². The van der Waals surface area contributed by atoms with E-state index in [1.807, 2.05) is 0 Å². The van der Waals surface area contributed by atoms with Crippen molar-refractivity contribution >= 4 is 50.5 Å². The van der Waals surface area contributed by atoms with E-state index < -0.39 is 15.6 Å². The Balaban J connectivity index is 1.86. The van der Waals surface area contributed by atoms with Crippen molar-refractivity contribution in [2.75, 3.05) is 29.6 Å². The molecule has 0 spiro atoms. The van der Waals surface area contributed by atoms with Gasteiger partial charge in [0.05, 0.1) is 9.73 Å². The second kappa shape index (κ2) is 9.01. The third-order valence-corrected chi connectivity index (χ3v) is 4.86. The summed E-state index contributed by atoms with van der Waals surface area (Å²) in [6, 6.07) is 6.91. The van der Waals surface area contributed by atoms with E-state index in [2.05, 4.69) is 20.9 Å². The summed E-state index contributed by atoms with van der Waals surface area (Å²) in [7, 11) is -2.86. The summed E-state index contributed by atoms with van der Waals surface area (Å²) in [5.41, 5.74) is 0.872. The Hall–Kier alpha value is -2.11. The topological polar surface area (TPSA) is 145 Å². The molecule has 4 N–H and O–H groups in total. The highest BCUT2D eigenvalue weighted by Crippen LogP contribution is 2.21. The van der Waals surface area contributed by atoms with Crippen molar-refractivity contribution in [2.45, 2.75) is 5.03 Å². The molecule has 1 aromatic heterocycles. The molecule has 2 rings (SSSR count). The van der Waals surface area contributed by atoms with Crippen molar-refractivity contribution in [3.8, 4) is 0 Å². The molecule has 1 heterocycles. The maximum atomic E-state index is 11.5. The number of amides is 1. The lowest BCUT2D eigenvalue weighted by atomic mass is 10.3. The first-order valence-corrected chi connectivity index (χ1v) is 10.8. The molecule has 0 saturated carbocycles. The van der Waals surface area contributed by atoms with Gasteiger partial charge in [0.1, 0.15) is 5.75 Å². The summed E-state index contributed by atoms with van der Waals surface area (Å²) < 4.78 is 23.2. The quantitative estimate of drug-likeness (QED) is 0.223. The molecule has 1 amide bonds.